The quantitative estimate of drug-likeness (QED) is 0.103. The predicted molar refractivity (Wildman–Crippen MR) is 174 cm³/mol. The molecule has 260 valence electrons. The molecule has 2 saturated heterocycles. The van der Waals surface area contributed by atoms with Crippen LogP contribution in [0.15, 0.2) is 0 Å². The van der Waals surface area contributed by atoms with Crippen molar-refractivity contribution in [2.45, 2.75) is 89.1 Å². The molecule has 0 saturated carbocycles. The maximum absolute atomic E-state index is 12.7. The molecule has 0 aliphatic carbocycles. The first kappa shape index (κ1) is 41.1. The van der Waals surface area contributed by atoms with Crippen molar-refractivity contribution in [1.29, 1.82) is 0 Å². The van der Waals surface area contributed by atoms with E-state index in [2.05, 4.69) is 42.5 Å². The summed E-state index contributed by atoms with van der Waals surface area (Å²) in [4.78, 5) is 93.9. The van der Waals surface area contributed by atoms with Crippen molar-refractivity contribution >= 4 is 62.6 Å². The summed E-state index contributed by atoms with van der Waals surface area (Å²) in [5, 5.41) is 14.3. The number of rotatable bonds is 10. The number of hydrogen-bond acceptors (Lipinski definition) is 12. The number of hydrogen-bond donors (Lipinski definition) is 7. The number of nitrogens with one attached hydrogen (secondary N) is 5. The van der Waals surface area contributed by atoms with Gasteiger partial charge in [0.25, 0.3) is 0 Å². The third kappa shape index (κ3) is 18.3. The van der Waals surface area contributed by atoms with E-state index < -0.39 is 12.1 Å². The van der Waals surface area contributed by atoms with Gasteiger partial charge in [-0.3, -0.25) is 43.7 Å². The Hall–Kier alpha value is -2.92. The van der Waals surface area contributed by atoms with Crippen LogP contribution in [-0.2, 0) is 38.4 Å². The minimum atomic E-state index is -0.667. The van der Waals surface area contributed by atoms with Gasteiger partial charge in [0.05, 0.1) is 43.7 Å². The summed E-state index contributed by atoms with van der Waals surface area (Å²) in [5.74, 6) is -1.16. The van der Waals surface area contributed by atoms with Gasteiger partial charge in [-0.1, -0.05) is 15.9 Å². The minimum absolute atomic E-state index is 0.00675. The van der Waals surface area contributed by atoms with Crippen molar-refractivity contribution in [1.82, 2.24) is 26.6 Å². The van der Waals surface area contributed by atoms with E-state index in [1.165, 1.54) is 0 Å². The summed E-state index contributed by atoms with van der Waals surface area (Å²) in [7, 11) is 0. The standard InChI is InChI=1S/C19H32BrN5O5.C11H18N2O3/c20-9-19(30)22-8-2-1-3-14-17(28)11-23-15(16(27)10-21)6-4-13(26)5-7-18(29)25-12-24-14;12-7-10(15)8-1-2-9(14)3-4-11(16)13-6-5-8/h14-15,23-24H,1-12,21H2,(H,22,30)(H,25,29);8H,1-7,12H2,(H,13,16)/t14-,15-;8-/m01/s1. The maximum Gasteiger partial charge on any atom is 0.230 e. The summed E-state index contributed by atoms with van der Waals surface area (Å²) in [6, 6.07) is -1.18. The van der Waals surface area contributed by atoms with Gasteiger partial charge in [0.2, 0.25) is 17.7 Å². The van der Waals surface area contributed by atoms with Gasteiger partial charge >= 0.3 is 0 Å². The number of amides is 3. The highest BCUT2D eigenvalue weighted by atomic mass is 79.9. The Morgan fingerprint density at radius 2 is 1.39 bits per heavy atom. The molecule has 0 aromatic carbocycles. The second-order valence-electron chi connectivity index (χ2n) is 11.2. The van der Waals surface area contributed by atoms with E-state index in [1.807, 2.05) is 0 Å². The summed E-state index contributed by atoms with van der Waals surface area (Å²) < 4.78 is 0. The molecule has 0 bridgehead atoms. The van der Waals surface area contributed by atoms with E-state index in [4.69, 9.17) is 11.5 Å². The number of nitrogens with two attached hydrogens (primary N) is 2. The topological polar surface area (TPSA) is 249 Å². The van der Waals surface area contributed by atoms with E-state index in [0.717, 1.165) is 0 Å². The Morgan fingerprint density at radius 3 is 2.02 bits per heavy atom. The minimum Gasteiger partial charge on any atom is -0.356 e. The van der Waals surface area contributed by atoms with Crippen LogP contribution >= 0.6 is 15.9 Å². The molecule has 3 atom stereocenters. The molecule has 9 N–H and O–H groups in total. The molecule has 2 aliphatic heterocycles. The van der Waals surface area contributed by atoms with Gasteiger partial charge in [-0.05, 0) is 38.5 Å². The van der Waals surface area contributed by atoms with Crippen molar-refractivity contribution in [3.63, 3.8) is 0 Å². The van der Waals surface area contributed by atoms with Gasteiger partial charge in [-0.25, -0.2) is 0 Å². The average molecular weight is 717 g/mol. The smallest absolute Gasteiger partial charge is 0.230 e. The van der Waals surface area contributed by atoms with Gasteiger partial charge in [0, 0.05) is 57.5 Å². The van der Waals surface area contributed by atoms with Crippen LogP contribution in [0.1, 0.15) is 77.0 Å². The number of alkyl halides is 1. The molecule has 2 rings (SSSR count). The van der Waals surface area contributed by atoms with Crippen LogP contribution in [-0.4, -0.2) is 103 Å². The molecular weight excluding hydrogens is 666 g/mol. The molecule has 2 aliphatic rings. The second-order valence-corrected chi connectivity index (χ2v) is 11.8. The molecule has 0 unspecified atom stereocenters. The second kappa shape index (κ2) is 24.3. The molecule has 0 radical (unpaired) electrons. The zero-order valence-corrected chi connectivity index (χ0v) is 28.1. The van der Waals surface area contributed by atoms with Gasteiger partial charge in [-0.2, -0.15) is 0 Å². The van der Waals surface area contributed by atoms with E-state index in [0.29, 0.717) is 51.6 Å². The van der Waals surface area contributed by atoms with Crippen LogP contribution in [0.2, 0.25) is 0 Å². The van der Waals surface area contributed by atoms with E-state index in [9.17, 15) is 38.4 Å². The van der Waals surface area contributed by atoms with Gasteiger partial charge < -0.3 is 32.7 Å². The van der Waals surface area contributed by atoms with Crippen LogP contribution in [0.25, 0.3) is 0 Å². The molecule has 46 heavy (non-hydrogen) atoms. The number of carbonyl (C=O) groups excluding carboxylic acids is 8. The number of unbranched alkanes of at least 4 members (excludes halogenated alkanes) is 1. The number of Topliss-reactive ketones (excluding diaryl/α,β-unsaturated/α-hetero) is 5. The molecule has 16 heteroatoms. The first-order chi connectivity index (χ1) is 22.0. The normalized spacial score (nSPS) is 22.7. The lowest BCUT2D eigenvalue weighted by Gasteiger charge is -2.21. The molecule has 15 nitrogen and oxygen atoms in total. The van der Waals surface area contributed by atoms with E-state index in [1.54, 1.807) is 0 Å². The first-order valence-electron chi connectivity index (χ1n) is 15.8. The molecule has 0 aromatic heterocycles. The highest BCUT2D eigenvalue weighted by Gasteiger charge is 2.24. The van der Waals surface area contributed by atoms with Gasteiger partial charge in [0.15, 0.2) is 11.6 Å². The van der Waals surface area contributed by atoms with Crippen molar-refractivity contribution in [3.05, 3.63) is 0 Å². The van der Waals surface area contributed by atoms with Crippen molar-refractivity contribution in [3.8, 4) is 0 Å². The average Bonchev–Trinajstić information content (AvgIpc) is 3.05. The van der Waals surface area contributed by atoms with E-state index in [-0.39, 0.29) is 123 Å². The highest BCUT2D eigenvalue weighted by Crippen LogP contribution is 2.15. The monoisotopic (exact) mass is 715 g/mol. The fourth-order valence-corrected chi connectivity index (χ4v) is 5.05. The molecule has 3 amide bonds. The summed E-state index contributed by atoms with van der Waals surface area (Å²) in [5.41, 5.74) is 10.8. The molecule has 2 heterocycles. The number of halogens is 1. The van der Waals surface area contributed by atoms with Crippen LogP contribution in [0.3, 0.4) is 0 Å². The molecule has 0 aromatic rings. The van der Waals surface area contributed by atoms with Crippen molar-refractivity contribution < 1.29 is 38.4 Å². The number of carbonyl (C=O) groups is 8. The Kier molecular flexibility index (Phi) is 21.7. The zero-order chi connectivity index (χ0) is 34.3. The summed E-state index contributed by atoms with van der Waals surface area (Å²) in [6.07, 6.45) is 4.54. The fourth-order valence-electron chi connectivity index (χ4n) is 4.86. The Bertz CT molecular complexity index is 1060. The Labute approximate surface area is 278 Å². The fraction of sp³-hybridized carbons (Fsp3) is 0.733. The Morgan fingerprint density at radius 1 is 0.761 bits per heavy atom. The lowest BCUT2D eigenvalue weighted by atomic mass is 9.92. The zero-order valence-electron chi connectivity index (χ0n) is 26.5. The van der Waals surface area contributed by atoms with E-state index >= 15 is 0 Å². The molecular formula is C30H50BrN7O8. The van der Waals surface area contributed by atoms with Crippen LogP contribution in [0, 0.1) is 5.92 Å². The Balaban J connectivity index is 0.000000554. The molecule has 0 spiro atoms. The summed E-state index contributed by atoms with van der Waals surface area (Å²) in [6.45, 7) is 0.896. The van der Waals surface area contributed by atoms with Gasteiger partial charge in [-0.15, -0.1) is 0 Å². The third-order valence-electron chi connectivity index (χ3n) is 7.72. The SMILES string of the molecule is NCC(=O)[C@@H]1CCC(=O)CCC(=O)NCN[C@@H](CCCCNC(=O)CBr)C(=O)CN1.NCC(=O)[C@H]1CCNC(=O)CCC(=O)CC1. The van der Waals surface area contributed by atoms with Crippen molar-refractivity contribution in [2.75, 3.05) is 44.7 Å². The van der Waals surface area contributed by atoms with Crippen LogP contribution in [0.4, 0.5) is 0 Å². The predicted octanol–water partition coefficient (Wildman–Crippen LogP) is -1.32. The van der Waals surface area contributed by atoms with Crippen LogP contribution in [0.5, 0.6) is 0 Å². The van der Waals surface area contributed by atoms with Crippen LogP contribution < -0.4 is 38.1 Å². The van der Waals surface area contributed by atoms with Gasteiger partial charge in [0.1, 0.15) is 17.3 Å². The number of ketones is 5. The first-order valence-corrected chi connectivity index (χ1v) is 17.0. The van der Waals surface area contributed by atoms with Crippen molar-refractivity contribution in [2.24, 2.45) is 17.4 Å². The third-order valence-corrected chi connectivity index (χ3v) is 8.22. The largest absolute Gasteiger partial charge is 0.356 e. The lowest BCUT2D eigenvalue weighted by molar-refractivity contribution is -0.127. The highest BCUT2D eigenvalue weighted by molar-refractivity contribution is 9.09. The summed E-state index contributed by atoms with van der Waals surface area (Å²) >= 11 is 3.08. The molecule has 2 fully saturated rings. The maximum atomic E-state index is 12.7. The lowest BCUT2D eigenvalue weighted by Crippen LogP contribution is -2.49.